The fourth-order valence-electron chi connectivity index (χ4n) is 2.31. The number of esters is 1. The van der Waals surface area contributed by atoms with Gasteiger partial charge in [0.15, 0.2) is 0 Å². The number of hydrogen-bond acceptors (Lipinski definition) is 6. The highest BCUT2D eigenvalue weighted by Gasteiger charge is 2.18. The number of nitrogens with zero attached hydrogens (tertiary/aromatic N) is 3. The van der Waals surface area contributed by atoms with Crippen LogP contribution in [0.2, 0.25) is 0 Å². The van der Waals surface area contributed by atoms with Gasteiger partial charge in [-0.3, -0.25) is 14.4 Å². The third-order valence-corrected chi connectivity index (χ3v) is 4.36. The van der Waals surface area contributed by atoms with Gasteiger partial charge in [-0.15, -0.1) is 11.3 Å². The van der Waals surface area contributed by atoms with E-state index in [2.05, 4.69) is 10.4 Å². The van der Waals surface area contributed by atoms with Crippen molar-refractivity contribution in [1.82, 2.24) is 14.7 Å². The Morgan fingerprint density at radius 1 is 1.46 bits per heavy atom. The Labute approximate surface area is 145 Å². The average Bonchev–Trinajstić information content (AvgIpc) is 3.12. The monoisotopic (exact) mass is 350 g/mol. The highest BCUT2D eigenvalue weighted by atomic mass is 32.1. The van der Waals surface area contributed by atoms with E-state index >= 15 is 0 Å². The third-order valence-electron chi connectivity index (χ3n) is 3.39. The summed E-state index contributed by atoms with van der Waals surface area (Å²) in [5, 5.41) is 7.54. The number of rotatable bonds is 7. The molecule has 7 nitrogen and oxygen atoms in total. The van der Waals surface area contributed by atoms with Gasteiger partial charge < -0.3 is 10.1 Å². The molecule has 0 spiro atoms. The van der Waals surface area contributed by atoms with Gasteiger partial charge in [-0.2, -0.15) is 5.10 Å². The average molecular weight is 350 g/mol. The van der Waals surface area contributed by atoms with Crippen molar-refractivity contribution in [3.8, 4) is 0 Å². The van der Waals surface area contributed by atoms with Crippen LogP contribution in [0, 0.1) is 6.92 Å². The van der Waals surface area contributed by atoms with E-state index in [9.17, 15) is 9.59 Å². The van der Waals surface area contributed by atoms with Crippen LogP contribution in [-0.2, 0) is 22.6 Å². The van der Waals surface area contributed by atoms with Crippen molar-refractivity contribution in [3.63, 3.8) is 0 Å². The number of hydrogen-bond donors (Lipinski definition) is 1. The molecule has 0 saturated heterocycles. The van der Waals surface area contributed by atoms with Gasteiger partial charge in [0.1, 0.15) is 5.00 Å². The minimum Gasteiger partial charge on any atom is -0.465 e. The SMILES string of the molecule is CCn1cc(CN(C)CC(=O)Nc2sc(C)cc2C(=O)OC)cn1. The molecular formula is C16H22N4O3S. The summed E-state index contributed by atoms with van der Waals surface area (Å²) in [6, 6.07) is 1.72. The van der Waals surface area contributed by atoms with Gasteiger partial charge in [0.05, 0.1) is 25.4 Å². The zero-order valence-electron chi connectivity index (χ0n) is 14.3. The topological polar surface area (TPSA) is 76.5 Å². The lowest BCUT2D eigenvalue weighted by Crippen LogP contribution is -2.29. The summed E-state index contributed by atoms with van der Waals surface area (Å²) in [6.45, 7) is 5.56. The number of nitrogens with one attached hydrogen (secondary N) is 1. The molecule has 2 rings (SSSR count). The van der Waals surface area contributed by atoms with Gasteiger partial charge in [0, 0.05) is 29.7 Å². The predicted molar refractivity (Wildman–Crippen MR) is 93.3 cm³/mol. The molecule has 0 aliphatic heterocycles. The number of carbonyl (C=O) groups is 2. The number of anilines is 1. The number of likely N-dealkylation sites (N-methyl/N-ethyl adjacent to an activating group) is 1. The summed E-state index contributed by atoms with van der Waals surface area (Å²) in [4.78, 5) is 26.8. The summed E-state index contributed by atoms with van der Waals surface area (Å²) in [5.74, 6) is -0.623. The van der Waals surface area contributed by atoms with Crippen LogP contribution in [0.15, 0.2) is 18.5 Å². The van der Waals surface area contributed by atoms with Crippen molar-refractivity contribution in [2.45, 2.75) is 26.9 Å². The van der Waals surface area contributed by atoms with Crippen LogP contribution in [0.1, 0.15) is 27.7 Å². The van der Waals surface area contributed by atoms with E-state index in [1.54, 1.807) is 12.3 Å². The normalized spacial score (nSPS) is 10.9. The number of thiophene rings is 1. The molecule has 0 unspecified atom stereocenters. The smallest absolute Gasteiger partial charge is 0.340 e. The van der Waals surface area contributed by atoms with Gasteiger partial charge >= 0.3 is 5.97 Å². The molecule has 0 aliphatic rings. The highest BCUT2D eigenvalue weighted by molar-refractivity contribution is 7.16. The maximum atomic E-state index is 12.2. The summed E-state index contributed by atoms with van der Waals surface area (Å²) >= 11 is 1.36. The largest absolute Gasteiger partial charge is 0.465 e. The first-order chi connectivity index (χ1) is 11.4. The molecule has 0 aliphatic carbocycles. The van der Waals surface area contributed by atoms with Crippen LogP contribution in [0.3, 0.4) is 0 Å². The van der Waals surface area contributed by atoms with E-state index in [1.165, 1.54) is 18.4 Å². The van der Waals surface area contributed by atoms with E-state index in [1.807, 2.05) is 36.7 Å². The fraction of sp³-hybridized carbons (Fsp3) is 0.438. The zero-order valence-corrected chi connectivity index (χ0v) is 15.1. The van der Waals surface area contributed by atoms with E-state index in [4.69, 9.17) is 4.74 Å². The van der Waals surface area contributed by atoms with Crippen molar-refractivity contribution in [3.05, 3.63) is 34.5 Å². The van der Waals surface area contributed by atoms with E-state index in [0.29, 0.717) is 17.1 Å². The molecule has 2 aromatic rings. The Morgan fingerprint density at radius 3 is 2.83 bits per heavy atom. The Balaban J connectivity index is 1.94. The molecule has 0 atom stereocenters. The van der Waals surface area contributed by atoms with Crippen LogP contribution in [0.5, 0.6) is 0 Å². The molecule has 1 amide bonds. The molecule has 0 fully saturated rings. The lowest BCUT2D eigenvalue weighted by molar-refractivity contribution is -0.117. The van der Waals surface area contributed by atoms with Crippen LogP contribution >= 0.6 is 11.3 Å². The van der Waals surface area contributed by atoms with E-state index in [0.717, 1.165) is 17.0 Å². The highest BCUT2D eigenvalue weighted by Crippen LogP contribution is 2.28. The summed E-state index contributed by atoms with van der Waals surface area (Å²) in [5.41, 5.74) is 1.44. The Morgan fingerprint density at radius 2 is 2.21 bits per heavy atom. The second kappa shape index (κ2) is 8.07. The Bertz CT molecular complexity index is 723. The number of carbonyl (C=O) groups excluding carboxylic acids is 2. The molecule has 0 aromatic carbocycles. The standard InChI is InChI=1S/C16H22N4O3S/c1-5-20-9-12(7-17-20)8-19(3)10-14(21)18-15-13(16(22)23-4)6-11(2)24-15/h6-7,9H,5,8,10H2,1-4H3,(H,18,21). The third kappa shape index (κ3) is 4.65. The summed E-state index contributed by atoms with van der Waals surface area (Å²) in [6.07, 6.45) is 3.77. The van der Waals surface area contributed by atoms with Crippen LogP contribution in [0.4, 0.5) is 5.00 Å². The maximum absolute atomic E-state index is 12.2. The van der Waals surface area contributed by atoms with E-state index in [-0.39, 0.29) is 12.5 Å². The Hall–Kier alpha value is -2.19. The zero-order chi connectivity index (χ0) is 17.7. The number of methoxy groups -OCH3 is 1. The minimum absolute atomic E-state index is 0.174. The molecule has 2 aromatic heterocycles. The molecular weight excluding hydrogens is 328 g/mol. The second-order valence-electron chi connectivity index (χ2n) is 5.52. The van der Waals surface area contributed by atoms with Gasteiger partial charge in [-0.1, -0.05) is 0 Å². The molecule has 130 valence electrons. The first kappa shape index (κ1) is 18.2. The number of amides is 1. The lowest BCUT2D eigenvalue weighted by atomic mass is 10.3. The first-order valence-corrected chi connectivity index (χ1v) is 8.43. The minimum atomic E-state index is -0.449. The molecule has 0 radical (unpaired) electrons. The van der Waals surface area contributed by atoms with Gasteiger partial charge in [0.2, 0.25) is 5.91 Å². The predicted octanol–water partition coefficient (Wildman–Crippen LogP) is 2.13. The molecule has 1 N–H and O–H groups in total. The fourth-order valence-corrected chi connectivity index (χ4v) is 3.22. The first-order valence-electron chi connectivity index (χ1n) is 7.61. The number of aromatic nitrogens is 2. The van der Waals surface area contributed by atoms with Gasteiger partial charge in [-0.05, 0) is 27.0 Å². The molecule has 8 heteroatoms. The molecule has 0 saturated carbocycles. The van der Waals surface area contributed by atoms with Crippen LogP contribution in [0.25, 0.3) is 0 Å². The quantitative estimate of drug-likeness (QED) is 0.774. The van der Waals surface area contributed by atoms with Gasteiger partial charge in [-0.25, -0.2) is 4.79 Å². The van der Waals surface area contributed by atoms with E-state index < -0.39 is 5.97 Å². The summed E-state index contributed by atoms with van der Waals surface area (Å²) in [7, 11) is 3.19. The maximum Gasteiger partial charge on any atom is 0.340 e. The Kier molecular flexibility index (Phi) is 6.10. The van der Waals surface area contributed by atoms with Crippen molar-refractivity contribution in [2.24, 2.45) is 0 Å². The van der Waals surface area contributed by atoms with Crippen molar-refractivity contribution >= 4 is 28.2 Å². The van der Waals surface area contributed by atoms with Gasteiger partial charge in [0.25, 0.3) is 0 Å². The molecule has 0 bridgehead atoms. The van der Waals surface area contributed by atoms with Crippen LogP contribution < -0.4 is 5.32 Å². The lowest BCUT2D eigenvalue weighted by Gasteiger charge is -2.15. The van der Waals surface area contributed by atoms with Crippen LogP contribution in [-0.4, -0.2) is 47.3 Å². The summed E-state index contributed by atoms with van der Waals surface area (Å²) < 4.78 is 6.59. The number of aryl methyl sites for hydroxylation is 2. The second-order valence-corrected chi connectivity index (χ2v) is 6.77. The van der Waals surface area contributed by atoms with Crippen molar-refractivity contribution in [2.75, 3.05) is 26.0 Å². The molecule has 24 heavy (non-hydrogen) atoms. The number of ether oxygens (including phenoxy) is 1. The molecule has 2 heterocycles. The van der Waals surface area contributed by atoms with Crippen molar-refractivity contribution < 1.29 is 14.3 Å². The van der Waals surface area contributed by atoms with Crippen molar-refractivity contribution in [1.29, 1.82) is 0 Å².